The van der Waals surface area contributed by atoms with Crippen LogP contribution < -0.4 is 5.32 Å². The van der Waals surface area contributed by atoms with Gasteiger partial charge in [-0.15, -0.1) is 0 Å². The minimum absolute atomic E-state index is 0.180. The van der Waals surface area contributed by atoms with Gasteiger partial charge in [-0.05, 0) is 26.7 Å². The second-order valence-corrected chi connectivity index (χ2v) is 4.15. The van der Waals surface area contributed by atoms with Gasteiger partial charge in [0.25, 0.3) is 0 Å². The number of carbonyl (C=O) groups is 1. The fraction of sp³-hybridized carbons (Fsp3) is 0.917. The summed E-state index contributed by atoms with van der Waals surface area (Å²) in [5, 5.41) is 3.24. The molecule has 0 aromatic carbocycles. The predicted octanol–water partition coefficient (Wildman–Crippen LogP) is 1.59. The molecule has 0 radical (unpaired) electrons. The van der Waals surface area contributed by atoms with Gasteiger partial charge in [0.15, 0.2) is 0 Å². The highest BCUT2D eigenvalue weighted by Crippen LogP contribution is 2.04. The Balaban J connectivity index is 4.11. The number of hydrogen-bond acceptors (Lipinski definition) is 4. The maximum Gasteiger partial charge on any atom is 0.322 e. The van der Waals surface area contributed by atoms with Gasteiger partial charge in [0.2, 0.25) is 0 Å². The van der Waals surface area contributed by atoms with Crippen molar-refractivity contribution in [3.8, 4) is 0 Å². The van der Waals surface area contributed by atoms with E-state index in [0.717, 1.165) is 0 Å². The van der Waals surface area contributed by atoms with Crippen molar-refractivity contribution in [2.75, 3.05) is 19.8 Å². The number of rotatable bonds is 8. The SMILES string of the molecule is CCOCC(NC(C)C(=O)OCC)C(C)C. The number of nitrogens with one attached hydrogen (secondary N) is 1. The van der Waals surface area contributed by atoms with Crippen LogP contribution in [0.2, 0.25) is 0 Å². The van der Waals surface area contributed by atoms with Crippen LogP contribution in [0.1, 0.15) is 34.6 Å². The molecule has 0 heterocycles. The van der Waals surface area contributed by atoms with Crippen LogP contribution >= 0.6 is 0 Å². The van der Waals surface area contributed by atoms with E-state index >= 15 is 0 Å². The number of carbonyl (C=O) groups excluding carboxylic acids is 1. The third kappa shape index (κ3) is 6.08. The van der Waals surface area contributed by atoms with E-state index in [2.05, 4.69) is 19.2 Å². The summed E-state index contributed by atoms with van der Waals surface area (Å²) >= 11 is 0. The second kappa shape index (κ2) is 8.53. The molecular weight excluding hydrogens is 206 g/mol. The molecule has 0 aliphatic rings. The molecule has 0 amide bonds. The van der Waals surface area contributed by atoms with Crippen LogP contribution in [0.3, 0.4) is 0 Å². The molecule has 0 aliphatic carbocycles. The Kier molecular flexibility index (Phi) is 8.21. The Hall–Kier alpha value is -0.610. The summed E-state index contributed by atoms with van der Waals surface area (Å²) in [4.78, 5) is 11.4. The molecule has 0 spiro atoms. The smallest absolute Gasteiger partial charge is 0.322 e. The van der Waals surface area contributed by atoms with Crippen molar-refractivity contribution >= 4 is 5.97 Å². The first kappa shape index (κ1) is 15.4. The normalized spacial score (nSPS) is 14.9. The summed E-state index contributed by atoms with van der Waals surface area (Å²) in [6.07, 6.45) is 0. The Morgan fingerprint density at radius 2 is 1.81 bits per heavy atom. The average molecular weight is 231 g/mol. The lowest BCUT2D eigenvalue weighted by Crippen LogP contribution is -2.47. The molecule has 0 aromatic rings. The van der Waals surface area contributed by atoms with Crippen LogP contribution in [-0.2, 0) is 14.3 Å². The standard InChI is InChI=1S/C12H25NO3/c1-6-15-8-11(9(3)4)13-10(5)12(14)16-7-2/h9-11,13H,6-8H2,1-5H3. The molecule has 0 bridgehead atoms. The molecule has 4 nitrogen and oxygen atoms in total. The van der Waals surface area contributed by atoms with Crippen LogP contribution in [0.5, 0.6) is 0 Å². The van der Waals surface area contributed by atoms with Crippen molar-refractivity contribution in [2.45, 2.75) is 46.7 Å². The van der Waals surface area contributed by atoms with E-state index in [1.165, 1.54) is 0 Å². The van der Waals surface area contributed by atoms with Crippen molar-refractivity contribution in [3.63, 3.8) is 0 Å². The van der Waals surface area contributed by atoms with Gasteiger partial charge < -0.3 is 9.47 Å². The minimum Gasteiger partial charge on any atom is -0.465 e. The maximum atomic E-state index is 11.4. The summed E-state index contributed by atoms with van der Waals surface area (Å²) in [7, 11) is 0. The van der Waals surface area contributed by atoms with E-state index in [4.69, 9.17) is 9.47 Å². The molecular formula is C12H25NO3. The molecule has 16 heavy (non-hydrogen) atoms. The lowest BCUT2D eigenvalue weighted by Gasteiger charge is -2.25. The van der Waals surface area contributed by atoms with Gasteiger partial charge in [0.05, 0.1) is 13.2 Å². The van der Waals surface area contributed by atoms with Crippen LogP contribution in [0.4, 0.5) is 0 Å². The molecule has 0 aromatic heterocycles. The first-order valence-electron chi connectivity index (χ1n) is 6.03. The third-order valence-corrected chi connectivity index (χ3v) is 2.41. The Morgan fingerprint density at radius 3 is 2.25 bits per heavy atom. The monoisotopic (exact) mass is 231 g/mol. The van der Waals surface area contributed by atoms with Crippen LogP contribution in [0.15, 0.2) is 0 Å². The molecule has 0 fully saturated rings. The zero-order valence-electron chi connectivity index (χ0n) is 11.1. The average Bonchev–Trinajstić information content (AvgIpc) is 2.23. The van der Waals surface area contributed by atoms with Gasteiger partial charge in [-0.25, -0.2) is 0 Å². The molecule has 96 valence electrons. The van der Waals surface area contributed by atoms with Crippen LogP contribution in [-0.4, -0.2) is 37.9 Å². The first-order chi connectivity index (χ1) is 7.52. The Morgan fingerprint density at radius 1 is 1.19 bits per heavy atom. The van der Waals surface area contributed by atoms with Crippen LogP contribution in [0.25, 0.3) is 0 Å². The summed E-state index contributed by atoms with van der Waals surface area (Å²) < 4.78 is 10.3. The predicted molar refractivity (Wildman–Crippen MR) is 64.3 cm³/mol. The van der Waals surface area contributed by atoms with E-state index in [0.29, 0.717) is 25.7 Å². The van der Waals surface area contributed by atoms with Crippen molar-refractivity contribution in [3.05, 3.63) is 0 Å². The van der Waals surface area contributed by atoms with Crippen molar-refractivity contribution in [1.29, 1.82) is 0 Å². The zero-order valence-corrected chi connectivity index (χ0v) is 11.1. The molecule has 0 saturated heterocycles. The maximum absolute atomic E-state index is 11.4. The first-order valence-corrected chi connectivity index (χ1v) is 6.03. The van der Waals surface area contributed by atoms with Crippen molar-refractivity contribution < 1.29 is 14.3 Å². The summed E-state index contributed by atoms with van der Waals surface area (Å²) in [6, 6.07) is -0.104. The minimum atomic E-state index is -0.284. The van der Waals surface area contributed by atoms with Gasteiger partial charge >= 0.3 is 5.97 Å². The largest absolute Gasteiger partial charge is 0.465 e. The second-order valence-electron chi connectivity index (χ2n) is 4.15. The van der Waals surface area contributed by atoms with E-state index < -0.39 is 0 Å². The van der Waals surface area contributed by atoms with Crippen molar-refractivity contribution in [2.24, 2.45) is 5.92 Å². The summed E-state index contributed by atoms with van der Waals surface area (Å²) in [5.74, 6) is 0.216. The van der Waals surface area contributed by atoms with Gasteiger partial charge in [-0.3, -0.25) is 10.1 Å². The highest BCUT2D eigenvalue weighted by molar-refractivity contribution is 5.75. The van der Waals surface area contributed by atoms with Crippen molar-refractivity contribution in [1.82, 2.24) is 5.32 Å². The zero-order chi connectivity index (χ0) is 12.6. The lowest BCUT2D eigenvalue weighted by molar-refractivity contribution is -0.145. The third-order valence-electron chi connectivity index (χ3n) is 2.41. The van der Waals surface area contributed by atoms with E-state index in [-0.39, 0.29) is 18.1 Å². The summed E-state index contributed by atoms with van der Waals surface area (Å²) in [6.45, 7) is 11.5. The summed E-state index contributed by atoms with van der Waals surface area (Å²) in [5.41, 5.74) is 0. The van der Waals surface area contributed by atoms with E-state index in [1.807, 2.05) is 20.8 Å². The molecule has 0 rings (SSSR count). The molecule has 0 saturated carbocycles. The Labute approximate surface area is 98.7 Å². The fourth-order valence-corrected chi connectivity index (χ4v) is 1.33. The molecule has 2 atom stereocenters. The van der Waals surface area contributed by atoms with E-state index in [1.54, 1.807) is 0 Å². The highest BCUT2D eigenvalue weighted by Gasteiger charge is 2.20. The van der Waals surface area contributed by atoms with Gasteiger partial charge in [-0.2, -0.15) is 0 Å². The molecule has 1 N–H and O–H groups in total. The molecule has 4 heteroatoms. The number of ether oxygens (including phenoxy) is 2. The van der Waals surface area contributed by atoms with E-state index in [9.17, 15) is 4.79 Å². The highest BCUT2D eigenvalue weighted by atomic mass is 16.5. The van der Waals surface area contributed by atoms with Gasteiger partial charge in [0.1, 0.15) is 6.04 Å². The lowest BCUT2D eigenvalue weighted by atomic mass is 10.0. The molecule has 0 aliphatic heterocycles. The van der Waals surface area contributed by atoms with Gasteiger partial charge in [-0.1, -0.05) is 13.8 Å². The molecule has 2 unspecified atom stereocenters. The van der Waals surface area contributed by atoms with Gasteiger partial charge in [0, 0.05) is 12.6 Å². The quantitative estimate of drug-likeness (QED) is 0.644. The fourth-order valence-electron chi connectivity index (χ4n) is 1.33. The Bertz CT molecular complexity index is 195. The van der Waals surface area contributed by atoms with Crippen LogP contribution in [0, 0.1) is 5.92 Å². The number of esters is 1. The topological polar surface area (TPSA) is 47.6 Å². The number of hydrogen-bond donors (Lipinski definition) is 1.